The Morgan fingerprint density at radius 1 is 0.719 bits per heavy atom. The van der Waals surface area contributed by atoms with Gasteiger partial charge < -0.3 is 0 Å². The minimum Gasteiger partial charge on any atom is -0.267 e. The third kappa shape index (κ3) is 4.71. The molecule has 2 aromatic heterocycles. The van der Waals surface area contributed by atoms with Crippen LogP contribution in [0.2, 0.25) is 0 Å². The van der Waals surface area contributed by atoms with Gasteiger partial charge in [-0.25, -0.2) is 9.35 Å². The number of amides is 2. The second-order valence-electron chi connectivity index (χ2n) is 6.67. The van der Waals surface area contributed by atoms with Crippen molar-refractivity contribution in [2.24, 2.45) is 0 Å². The van der Waals surface area contributed by atoms with E-state index in [-0.39, 0.29) is 21.4 Å². The highest BCUT2D eigenvalue weighted by Crippen LogP contribution is 2.07. The van der Waals surface area contributed by atoms with Gasteiger partial charge in [-0.3, -0.25) is 30.6 Å². The van der Waals surface area contributed by atoms with E-state index in [2.05, 4.69) is 31.2 Å². The normalized spacial score (nSPS) is 10.6. The second-order valence-corrected chi connectivity index (χ2v) is 7.45. The Morgan fingerprint density at radius 2 is 1.09 bits per heavy atom. The molecule has 0 radical (unpaired) electrons. The van der Waals surface area contributed by atoms with Crippen molar-refractivity contribution in [1.29, 1.82) is 0 Å². The molecule has 0 unspecified atom stereocenters. The predicted octanol–water partition coefficient (Wildman–Crippen LogP) is 2.75. The highest BCUT2D eigenvalue weighted by Gasteiger charge is 2.15. The SMILES string of the molecule is O=C(Nn1c(CCc2n[nH]c(=S)n2NC(=O)c2ccccc2)n[nH]c1=S)c1ccccc1. The molecule has 0 aliphatic rings. The molecule has 4 aromatic rings. The van der Waals surface area contributed by atoms with E-state index in [1.165, 1.54) is 9.35 Å². The van der Waals surface area contributed by atoms with Gasteiger partial charge in [0.2, 0.25) is 9.54 Å². The summed E-state index contributed by atoms with van der Waals surface area (Å²) in [6, 6.07) is 17.6. The van der Waals surface area contributed by atoms with E-state index in [9.17, 15) is 9.59 Å². The minimum absolute atomic E-state index is 0.250. The molecule has 0 atom stereocenters. The maximum atomic E-state index is 12.5. The molecule has 0 fully saturated rings. The Kier molecular flexibility index (Phi) is 6.33. The summed E-state index contributed by atoms with van der Waals surface area (Å²) < 4.78 is 3.33. The lowest BCUT2D eigenvalue weighted by molar-refractivity contribution is 0.0998. The first kappa shape index (κ1) is 21.3. The van der Waals surface area contributed by atoms with Gasteiger partial charge in [-0.2, -0.15) is 10.2 Å². The van der Waals surface area contributed by atoms with E-state index in [4.69, 9.17) is 24.4 Å². The highest BCUT2D eigenvalue weighted by molar-refractivity contribution is 7.71. The summed E-state index contributed by atoms with van der Waals surface area (Å²) in [5.74, 6) is 0.354. The van der Waals surface area contributed by atoms with Gasteiger partial charge in [-0.05, 0) is 48.7 Å². The number of aryl methyl sites for hydroxylation is 2. The number of carbonyl (C=O) groups excluding carboxylic acids is 2. The van der Waals surface area contributed by atoms with Crippen LogP contribution in [0.4, 0.5) is 0 Å². The number of nitrogens with zero attached hydrogens (tertiary/aromatic N) is 4. The zero-order valence-electron chi connectivity index (χ0n) is 16.6. The number of aromatic amines is 2. The molecule has 0 bridgehead atoms. The van der Waals surface area contributed by atoms with E-state index in [0.717, 1.165) is 0 Å². The van der Waals surface area contributed by atoms with Crippen LogP contribution in [0.3, 0.4) is 0 Å². The van der Waals surface area contributed by atoms with Crippen molar-refractivity contribution in [1.82, 2.24) is 29.7 Å². The average Bonchev–Trinajstić information content (AvgIpc) is 3.35. The van der Waals surface area contributed by atoms with Gasteiger partial charge in [-0.1, -0.05) is 36.4 Å². The molecule has 0 spiro atoms. The van der Waals surface area contributed by atoms with E-state index >= 15 is 0 Å². The molecule has 2 amide bonds. The predicted molar refractivity (Wildman–Crippen MR) is 122 cm³/mol. The van der Waals surface area contributed by atoms with Crippen LogP contribution in [-0.2, 0) is 12.8 Å². The Balaban J connectivity index is 1.48. The molecule has 0 saturated carbocycles. The number of hydrogen-bond acceptors (Lipinski definition) is 6. The van der Waals surface area contributed by atoms with Gasteiger partial charge in [0.25, 0.3) is 11.8 Å². The lowest BCUT2D eigenvalue weighted by Gasteiger charge is -2.10. The molecule has 0 aliphatic carbocycles. The lowest BCUT2D eigenvalue weighted by Crippen LogP contribution is -2.26. The van der Waals surface area contributed by atoms with Crippen molar-refractivity contribution in [3.8, 4) is 0 Å². The Morgan fingerprint density at radius 3 is 1.47 bits per heavy atom. The molecular formula is C20H18N8O2S2. The minimum atomic E-state index is -0.317. The first-order valence-electron chi connectivity index (χ1n) is 9.58. The zero-order chi connectivity index (χ0) is 22.5. The number of aromatic nitrogens is 6. The monoisotopic (exact) mass is 466 g/mol. The Hall–Kier alpha value is -3.90. The quantitative estimate of drug-likeness (QED) is 0.310. The summed E-state index contributed by atoms with van der Waals surface area (Å²) >= 11 is 10.5. The number of H-pyrrole nitrogens is 2. The molecule has 162 valence electrons. The molecule has 0 aliphatic heterocycles. The van der Waals surface area contributed by atoms with Crippen LogP contribution in [0.15, 0.2) is 60.7 Å². The summed E-state index contributed by atoms with van der Waals surface area (Å²) in [6.07, 6.45) is 0.728. The molecule has 2 heterocycles. The Bertz CT molecular complexity index is 1250. The van der Waals surface area contributed by atoms with Gasteiger partial charge >= 0.3 is 0 Å². The first-order chi connectivity index (χ1) is 15.5. The molecule has 0 saturated heterocycles. The van der Waals surface area contributed by atoms with E-state index < -0.39 is 0 Å². The maximum Gasteiger partial charge on any atom is 0.270 e. The van der Waals surface area contributed by atoms with E-state index in [1.54, 1.807) is 48.5 Å². The summed E-state index contributed by atoms with van der Waals surface area (Å²) in [7, 11) is 0. The number of rotatable bonds is 7. The molecule has 4 N–H and O–H groups in total. The molecule has 2 aromatic carbocycles. The van der Waals surface area contributed by atoms with Crippen LogP contribution in [0.1, 0.15) is 32.4 Å². The summed E-state index contributed by atoms with van der Waals surface area (Å²) in [5, 5.41) is 13.7. The van der Waals surface area contributed by atoms with Gasteiger partial charge in [0.15, 0.2) is 11.6 Å². The average molecular weight is 467 g/mol. The van der Waals surface area contributed by atoms with E-state index in [0.29, 0.717) is 35.6 Å². The number of benzene rings is 2. The third-order valence-electron chi connectivity index (χ3n) is 4.55. The highest BCUT2D eigenvalue weighted by atomic mass is 32.1. The van der Waals surface area contributed by atoms with Crippen LogP contribution in [-0.4, -0.2) is 41.6 Å². The smallest absolute Gasteiger partial charge is 0.267 e. The van der Waals surface area contributed by atoms with Gasteiger partial charge in [0.05, 0.1) is 0 Å². The number of carbonyl (C=O) groups is 2. The van der Waals surface area contributed by atoms with E-state index in [1.807, 2.05) is 12.1 Å². The van der Waals surface area contributed by atoms with Crippen LogP contribution in [0, 0.1) is 9.54 Å². The third-order valence-corrected chi connectivity index (χ3v) is 5.10. The zero-order valence-corrected chi connectivity index (χ0v) is 18.2. The molecule has 12 heteroatoms. The number of nitrogens with one attached hydrogen (secondary N) is 4. The first-order valence-corrected chi connectivity index (χ1v) is 10.4. The fourth-order valence-corrected chi connectivity index (χ4v) is 3.35. The lowest BCUT2D eigenvalue weighted by atomic mass is 10.2. The van der Waals surface area contributed by atoms with Gasteiger partial charge in [0, 0.05) is 24.0 Å². The van der Waals surface area contributed by atoms with Crippen molar-refractivity contribution in [3.05, 3.63) is 93.0 Å². The molecule has 32 heavy (non-hydrogen) atoms. The van der Waals surface area contributed by atoms with Crippen molar-refractivity contribution in [2.75, 3.05) is 10.9 Å². The van der Waals surface area contributed by atoms with Crippen LogP contribution in [0.25, 0.3) is 0 Å². The molecule has 10 nitrogen and oxygen atoms in total. The summed E-state index contributed by atoms with van der Waals surface area (Å²) in [5.41, 5.74) is 6.46. The standard InChI is InChI=1S/C20H18N8O2S2/c29-17(13-7-3-1-4-8-13)25-27-15(21-23-19(27)31)11-12-16-22-24-20(32)28(16)26-18(30)14-9-5-2-6-10-14/h1-10H,11-12H2,(H,23,31)(H,24,32)(H,25,29)(H,26,30). The molecule has 4 rings (SSSR count). The summed E-state index contributed by atoms with van der Waals surface area (Å²) in [6.45, 7) is 0. The fraction of sp³-hybridized carbons (Fsp3) is 0.100. The number of hydrogen-bond donors (Lipinski definition) is 4. The van der Waals surface area contributed by atoms with Crippen molar-refractivity contribution < 1.29 is 9.59 Å². The second kappa shape index (κ2) is 9.49. The fourth-order valence-electron chi connectivity index (χ4n) is 2.96. The Labute approximate surface area is 192 Å². The topological polar surface area (TPSA) is 125 Å². The van der Waals surface area contributed by atoms with Gasteiger partial charge in [0.1, 0.15) is 0 Å². The van der Waals surface area contributed by atoms with Crippen molar-refractivity contribution >= 4 is 36.3 Å². The van der Waals surface area contributed by atoms with Crippen LogP contribution in [0.5, 0.6) is 0 Å². The molecular weight excluding hydrogens is 448 g/mol. The van der Waals surface area contributed by atoms with Crippen LogP contribution >= 0.6 is 24.4 Å². The summed E-state index contributed by atoms with van der Waals surface area (Å²) in [4.78, 5) is 25.0. The van der Waals surface area contributed by atoms with Crippen LogP contribution < -0.4 is 10.9 Å². The van der Waals surface area contributed by atoms with Gasteiger partial charge in [-0.15, -0.1) is 0 Å². The van der Waals surface area contributed by atoms with Crippen molar-refractivity contribution in [3.63, 3.8) is 0 Å². The largest absolute Gasteiger partial charge is 0.270 e. The van der Waals surface area contributed by atoms with Crippen molar-refractivity contribution in [2.45, 2.75) is 12.8 Å². The maximum absolute atomic E-state index is 12.5.